The lowest BCUT2D eigenvalue weighted by Gasteiger charge is -2.07. The standard InChI is InChI=1S/C14H12O6/c1-3-19-14(18)11-7(2)10(15)8-5-4-6-9(13(16)17)12(8)20-11/h4-6H,3H2,1-2H3,(H,16,17). The molecule has 0 saturated carbocycles. The van der Waals surface area contributed by atoms with E-state index in [4.69, 9.17) is 14.3 Å². The number of benzene rings is 1. The van der Waals surface area contributed by atoms with E-state index in [0.29, 0.717) is 0 Å². The largest absolute Gasteiger partial charge is 0.478 e. The number of ether oxygens (including phenoxy) is 1. The van der Waals surface area contributed by atoms with E-state index in [2.05, 4.69) is 0 Å². The Morgan fingerprint density at radius 2 is 2.05 bits per heavy atom. The van der Waals surface area contributed by atoms with Crippen LogP contribution in [-0.2, 0) is 4.74 Å². The van der Waals surface area contributed by atoms with Crippen LogP contribution in [-0.4, -0.2) is 23.7 Å². The smallest absolute Gasteiger partial charge is 0.374 e. The van der Waals surface area contributed by atoms with Crippen LogP contribution in [0.1, 0.15) is 33.4 Å². The number of carbonyl (C=O) groups is 2. The van der Waals surface area contributed by atoms with Gasteiger partial charge in [0.2, 0.25) is 5.76 Å². The average molecular weight is 276 g/mol. The molecule has 1 aromatic carbocycles. The van der Waals surface area contributed by atoms with Crippen molar-refractivity contribution in [3.63, 3.8) is 0 Å². The molecule has 0 fully saturated rings. The predicted octanol–water partition coefficient (Wildman–Crippen LogP) is 1.98. The molecule has 0 aliphatic heterocycles. The second kappa shape index (κ2) is 5.16. The lowest BCUT2D eigenvalue weighted by atomic mass is 10.1. The third kappa shape index (κ3) is 2.16. The topological polar surface area (TPSA) is 93.8 Å². The Morgan fingerprint density at radius 3 is 2.65 bits per heavy atom. The predicted molar refractivity (Wildman–Crippen MR) is 70.1 cm³/mol. The molecule has 0 radical (unpaired) electrons. The summed E-state index contributed by atoms with van der Waals surface area (Å²) in [5, 5.41) is 9.22. The quantitative estimate of drug-likeness (QED) is 0.861. The second-order valence-corrected chi connectivity index (χ2v) is 4.09. The highest BCUT2D eigenvalue weighted by molar-refractivity contribution is 6.02. The summed E-state index contributed by atoms with van der Waals surface area (Å²) in [6, 6.07) is 4.21. The maximum absolute atomic E-state index is 12.2. The van der Waals surface area contributed by atoms with Crippen molar-refractivity contribution < 1.29 is 23.8 Å². The molecule has 0 saturated heterocycles. The molecule has 104 valence electrons. The molecule has 20 heavy (non-hydrogen) atoms. The van der Waals surface area contributed by atoms with E-state index in [-0.39, 0.29) is 34.5 Å². The number of esters is 1. The van der Waals surface area contributed by atoms with Crippen molar-refractivity contribution in [3.05, 3.63) is 45.3 Å². The minimum Gasteiger partial charge on any atom is -0.478 e. The first-order chi connectivity index (χ1) is 9.47. The molecule has 0 bridgehead atoms. The summed E-state index contributed by atoms with van der Waals surface area (Å²) in [7, 11) is 0. The van der Waals surface area contributed by atoms with Gasteiger partial charge in [-0.3, -0.25) is 4.79 Å². The molecule has 0 aliphatic carbocycles. The van der Waals surface area contributed by atoms with E-state index in [1.807, 2.05) is 0 Å². The van der Waals surface area contributed by atoms with Crippen LogP contribution in [0.2, 0.25) is 0 Å². The van der Waals surface area contributed by atoms with Crippen molar-refractivity contribution in [2.24, 2.45) is 0 Å². The van der Waals surface area contributed by atoms with Gasteiger partial charge in [-0.25, -0.2) is 9.59 Å². The second-order valence-electron chi connectivity index (χ2n) is 4.09. The summed E-state index contributed by atoms with van der Waals surface area (Å²) in [5.74, 6) is -2.29. The van der Waals surface area contributed by atoms with Gasteiger partial charge in [0.05, 0.1) is 12.0 Å². The Labute approximate surface area is 113 Å². The highest BCUT2D eigenvalue weighted by Gasteiger charge is 2.21. The van der Waals surface area contributed by atoms with Crippen molar-refractivity contribution in [1.82, 2.24) is 0 Å². The van der Waals surface area contributed by atoms with Crippen molar-refractivity contribution in [1.29, 1.82) is 0 Å². The molecular formula is C14H12O6. The number of aromatic carboxylic acids is 1. The Kier molecular flexibility index (Phi) is 3.56. The van der Waals surface area contributed by atoms with Crippen LogP contribution < -0.4 is 5.43 Å². The van der Waals surface area contributed by atoms with E-state index in [1.165, 1.54) is 25.1 Å². The molecule has 6 heteroatoms. The molecule has 1 aromatic heterocycles. The number of carboxylic acid groups (broad SMARTS) is 1. The summed E-state index contributed by atoms with van der Waals surface area (Å²) in [6.45, 7) is 3.18. The van der Waals surface area contributed by atoms with Gasteiger partial charge in [-0.1, -0.05) is 6.07 Å². The van der Waals surface area contributed by atoms with Crippen LogP contribution in [0.5, 0.6) is 0 Å². The number of hydrogen-bond acceptors (Lipinski definition) is 5. The van der Waals surface area contributed by atoms with Crippen molar-refractivity contribution >= 4 is 22.9 Å². The van der Waals surface area contributed by atoms with Crippen LogP contribution >= 0.6 is 0 Å². The average Bonchev–Trinajstić information content (AvgIpc) is 2.42. The van der Waals surface area contributed by atoms with Gasteiger partial charge in [-0.05, 0) is 26.0 Å². The Balaban J connectivity index is 2.83. The highest BCUT2D eigenvalue weighted by Crippen LogP contribution is 2.20. The summed E-state index contributed by atoms with van der Waals surface area (Å²) in [6.07, 6.45) is 0. The summed E-state index contributed by atoms with van der Waals surface area (Å²) >= 11 is 0. The molecule has 0 amide bonds. The molecule has 0 atom stereocenters. The molecule has 0 spiro atoms. The summed E-state index contributed by atoms with van der Waals surface area (Å²) in [4.78, 5) is 35.1. The molecular weight excluding hydrogens is 264 g/mol. The van der Waals surface area contributed by atoms with Crippen LogP contribution in [0.3, 0.4) is 0 Å². The first-order valence-corrected chi connectivity index (χ1v) is 5.94. The number of rotatable bonds is 3. The third-order valence-corrected chi connectivity index (χ3v) is 2.84. The molecule has 1 N–H and O–H groups in total. The Bertz CT molecular complexity index is 756. The molecule has 1 heterocycles. The van der Waals surface area contributed by atoms with E-state index < -0.39 is 17.4 Å². The van der Waals surface area contributed by atoms with Crippen molar-refractivity contribution in [3.8, 4) is 0 Å². The van der Waals surface area contributed by atoms with Gasteiger partial charge in [0.15, 0.2) is 11.0 Å². The molecule has 2 rings (SSSR count). The highest BCUT2D eigenvalue weighted by atomic mass is 16.5. The van der Waals surface area contributed by atoms with Crippen LogP contribution in [0.15, 0.2) is 27.4 Å². The first-order valence-electron chi connectivity index (χ1n) is 5.94. The molecule has 2 aromatic rings. The maximum atomic E-state index is 12.2. The molecule has 6 nitrogen and oxygen atoms in total. The van der Waals surface area contributed by atoms with Gasteiger partial charge in [0, 0.05) is 5.56 Å². The minimum absolute atomic E-state index is 0.0958. The van der Waals surface area contributed by atoms with Gasteiger partial charge < -0.3 is 14.3 Å². The number of hydrogen-bond donors (Lipinski definition) is 1. The van der Waals surface area contributed by atoms with Crippen molar-refractivity contribution in [2.75, 3.05) is 6.61 Å². The summed E-state index contributed by atoms with van der Waals surface area (Å²) < 4.78 is 10.1. The fourth-order valence-corrected chi connectivity index (χ4v) is 1.87. The third-order valence-electron chi connectivity index (χ3n) is 2.84. The fourth-order valence-electron chi connectivity index (χ4n) is 1.87. The van der Waals surface area contributed by atoms with E-state index in [1.54, 1.807) is 6.92 Å². The molecule has 0 unspecified atom stereocenters. The maximum Gasteiger partial charge on any atom is 0.374 e. The van der Waals surface area contributed by atoms with E-state index in [9.17, 15) is 14.4 Å². The number of fused-ring (bicyclic) bond motifs is 1. The Hall–Kier alpha value is -2.63. The van der Waals surface area contributed by atoms with Crippen molar-refractivity contribution in [2.45, 2.75) is 13.8 Å². The first kappa shape index (κ1) is 13.8. The lowest BCUT2D eigenvalue weighted by Crippen LogP contribution is -2.16. The monoisotopic (exact) mass is 276 g/mol. The zero-order chi connectivity index (χ0) is 14.9. The fraction of sp³-hybridized carbons (Fsp3) is 0.214. The van der Waals surface area contributed by atoms with Gasteiger partial charge in [-0.15, -0.1) is 0 Å². The number of carboxylic acids is 1. The number of carbonyl (C=O) groups excluding carboxylic acids is 1. The Morgan fingerprint density at radius 1 is 1.35 bits per heavy atom. The minimum atomic E-state index is -1.24. The zero-order valence-corrected chi connectivity index (χ0v) is 10.9. The van der Waals surface area contributed by atoms with Crippen LogP contribution in [0.25, 0.3) is 11.0 Å². The molecule has 0 aliphatic rings. The van der Waals surface area contributed by atoms with Gasteiger partial charge in [0.1, 0.15) is 5.56 Å². The zero-order valence-electron chi connectivity index (χ0n) is 10.9. The van der Waals surface area contributed by atoms with Crippen LogP contribution in [0, 0.1) is 6.92 Å². The van der Waals surface area contributed by atoms with Crippen LogP contribution in [0.4, 0.5) is 0 Å². The van der Waals surface area contributed by atoms with E-state index >= 15 is 0 Å². The number of para-hydroxylation sites is 1. The van der Waals surface area contributed by atoms with E-state index in [0.717, 1.165) is 0 Å². The van der Waals surface area contributed by atoms with Gasteiger partial charge in [-0.2, -0.15) is 0 Å². The SMILES string of the molecule is CCOC(=O)c1oc2c(C(=O)O)cccc2c(=O)c1C. The van der Waals surface area contributed by atoms with Gasteiger partial charge in [0.25, 0.3) is 0 Å². The normalized spacial score (nSPS) is 10.5. The summed E-state index contributed by atoms with van der Waals surface area (Å²) in [5.41, 5.74) is -0.653. The lowest BCUT2D eigenvalue weighted by molar-refractivity contribution is 0.0487. The van der Waals surface area contributed by atoms with Gasteiger partial charge >= 0.3 is 11.9 Å².